The molecule has 8 atom stereocenters. The molecule has 0 heterocycles. The molecule has 29 heavy (non-hydrogen) atoms. The van der Waals surface area contributed by atoms with Crippen molar-refractivity contribution in [3.63, 3.8) is 0 Å². The molecule has 4 saturated carbocycles. The second-order valence-electron chi connectivity index (χ2n) is 11.2. The Hall–Kier alpha value is -1.12. The fourth-order valence-corrected chi connectivity index (χ4v) is 8.36. The van der Waals surface area contributed by atoms with E-state index in [4.69, 9.17) is 0 Å². The van der Waals surface area contributed by atoms with Crippen molar-refractivity contribution in [3.05, 3.63) is 42.0 Å². The number of aliphatic hydroxyl groups excluding tert-OH is 1. The molecule has 0 saturated heterocycles. The fraction of sp³-hybridized carbons (Fsp3) is 0.704. The first kappa shape index (κ1) is 19.8. The van der Waals surface area contributed by atoms with Gasteiger partial charge in [0.2, 0.25) is 0 Å². The molecule has 4 aliphatic rings. The largest absolute Gasteiger partial charge is 0.393 e. The molecular weight excluding hydrogens is 356 g/mol. The van der Waals surface area contributed by atoms with E-state index in [1.165, 1.54) is 31.2 Å². The van der Waals surface area contributed by atoms with Crippen molar-refractivity contribution in [2.45, 2.75) is 83.3 Å². The van der Waals surface area contributed by atoms with Crippen LogP contribution >= 0.6 is 0 Å². The van der Waals surface area contributed by atoms with E-state index in [1.807, 2.05) is 6.07 Å². The van der Waals surface area contributed by atoms with Crippen LogP contribution in [0.3, 0.4) is 0 Å². The van der Waals surface area contributed by atoms with Crippen LogP contribution in [0.4, 0.5) is 0 Å². The van der Waals surface area contributed by atoms with Crippen molar-refractivity contribution in [1.82, 2.24) is 0 Å². The van der Waals surface area contributed by atoms with Crippen LogP contribution in [0.15, 0.2) is 36.4 Å². The molecule has 2 nitrogen and oxygen atoms in total. The predicted octanol–water partition coefficient (Wildman–Crippen LogP) is 5.83. The quantitative estimate of drug-likeness (QED) is 0.662. The second-order valence-corrected chi connectivity index (χ2v) is 11.2. The van der Waals surface area contributed by atoms with Gasteiger partial charge in [-0.05, 0) is 92.4 Å². The van der Waals surface area contributed by atoms with E-state index >= 15 is 0 Å². The molecule has 1 aromatic rings. The summed E-state index contributed by atoms with van der Waals surface area (Å²) in [5, 5.41) is 22.0. The molecule has 158 valence electrons. The van der Waals surface area contributed by atoms with Crippen LogP contribution in [-0.2, 0) is 0 Å². The van der Waals surface area contributed by atoms with E-state index in [2.05, 4.69) is 50.3 Å². The maximum Gasteiger partial charge on any atom is 0.0887 e. The molecule has 0 aromatic heterocycles. The summed E-state index contributed by atoms with van der Waals surface area (Å²) in [5.41, 5.74) is 0.898. The third-order valence-electron chi connectivity index (χ3n) is 10.2. The average Bonchev–Trinajstić information content (AvgIpc) is 2.99. The zero-order valence-electron chi connectivity index (χ0n) is 18.2. The Kier molecular flexibility index (Phi) is 4.75. The number of aliphatic hydroxyl groups is 2. The van der Waals surface area contributed by atoms with Gasteiger partial charge in [0.15, 0.2) is 0 Å². The van der Waals surface area contributed by atoms with Gasteiger partial charge in [0.1, 0.15) is 0 Å². The lowest BCUT2D eigenvalue weighted by atomic mass is 9.44. The van der Waals surface area contributed by atoms with Crippen molar-refractivity contribution < 1.29 is 10.2 Å². The Bertz CT molecular complexity index is 772. The third kappa shape index (κ3) is 2.97. The maximum atomic E-state index is 11.8. The van der Waals surface area contributed by atoms with E-state index in [9.17, 15) is 10.2 Å². The van der Waals surface area contributed by atoms with Crippen molar-refractivity contribution >= 4 is 6.08 Å². The monoisotopic (exact) mass is 394 g/mol. The lowest BCUT2D eigenvalue weighted by molar-refractivity contribution is -0.146. The van der Waals surface area contributed by atoms with Crippen LogP contribution in [0.25, 0.3) is 6.08 Å². The standard InChI is InChI=1S/C27H38O2/c1-25-14-11-21(28)18-20(25)8-9-22-23(25)12-15-26(2)24(22)13-17-27(26,29)16-10-19-6-4-3-5-7-19/h3-7,10,16,20-24,28-29H,8-9,11-15,17-18H2,1-2H3/b16-10+/t20-,21+,22-,23+,24+,25-,26+,27-/m0/s1. The van der Waals surface area contributed by atoms with Crippen molar-refractivity contribution in [2.75, 3.05) is 0 Å². The summed E-state index contributed by atoms with van der Waals surface area (Å²) in [6.45, 7) is 4.93. The first-order valence-electron chi connectivity index (χ1n) is 12.0. The van der Waals surface area contributed by atoms with Gasteiger partial charge < -0.3 is 10.2 Å². The summed E-state index contributed by atoms with van der Waals surface area (Å²) in [6.07, 6.45) is 14.4. The number of hydrogen-bond acceptors (Lipinski definition) is 2. The van der Waals surface area contributed by atoms with Gasteiger partial charge in [0.05, 0.1) is 11.7 Å². The molecule has 0 amide bonds. The summed E-state index contributed by atoms with van der Waals surface area (Å²) in [4.78, 5) is 0. The molecule has 2 N–H and O–H groups in total. The first-order valence-corrected chi connectivity index (χ1v) is 12.0. The van der Waals surface area contributed by atoms with E-state index < -0.39 is 5.60 Å². The Morgan fingerprint density at radius 2 is 1.66 bits per heavy atom. The highest BCUT2D eigenvalue weighted by Crippen LogP contribution is 2.68. The molecule has 0 radical (unpaired) electrons. The highest BCUT2D eigenvalue weighted by Gasteiger charge is 2.63. The Morgan fingerprint density at radius 3 is 2.45 bits per heavy atom. The minimum Gasteiger partial charge on any atom is -0.393 e. The van der Waals surface area contributed by atoms with Crippen LogP contribution in [0.1, 0.15) is 77.2 Å². The third-order valence-corrected chi connectivity index (χ3v) is 10.2. The van der Waals surface area contributed by atoms with Gasteiger partial charge in [0, 0.05) is 5.41 Å². The molecule has 5 rings (SSSR count). The van der Waals surface area contributed by atoms with Gasteiger partial charge in [-0.2, -0.15) is 0 Å². The van der Waals surface area contributed by atoms with Crippen molar-refractivity contribution in [3.8, 4) is 0 Å². The zero-order valence-corrected chi connectivity index (χ0v) is 18.2. The molecule has 1 aromatic carbocycles. The van der Waals surface area contributed by atoms with E-state index in [0.29, 0.717) is 17.3 Å². The van der Waals surface area contributed by atoms with Gasteiger partial charge in [-0.25, -0.2) is 0 Å². The minimum atomic E-state index is -0.682. The van der Waals surface area contributed by atoms with Crippen LogP contribution in [-0.4, -0.2) is 21.9 Å². The first-order chi connectivity index (χ1) is 13.9. The van der Waals surface area contributed by atoms with Crippen LogP contribution in [0.2, 0.25) is 0 Å². The number of fused-ring (bicyclic) bond motifs is 5. The molecule has 0 spiro atoms. The molecule has 2 heteroatoms. The molecule has 0 unspecified atom stereocenters. The highest BCUT2D eigenvalue weighted by atomic mass is 16.3. The minimum absolute atomic E-state index is 0.00315. The summed E-state index contributed by atoms with van der Waals surface area (Å²) in [5.74, 6) is 2.88. The molecule has 4 aliphatic carbocycles. The Balaban J connectivity index is 1.40. The topological polar surface area (TPSA) is 40.5 Å². The normalized spacial score (nSPS) is 49.4. The number of hydrogen-bond donors (Lipinski definition) is 2. The van der Waals surface area contributed by atoms with Gasteiger partial charge in [-0.15, -0.1) is 0 Å². The summed E-state index contributed by atoms with van der Waals surface area (Å²) in [6, 6.07) is 10.4. The fourth-order valence-electron chi connectivity index (χ4n) is 8.36. The molecule has 0 aliphatic heterocycles. The average molecular weight is 395 g/mol. The smallest absolute Gasteiger partial charge is 0.0887 e. The zero-order chi connectivity index (χ0) is 20.3. The van der Waals surface area contributed by atoms with Crippen LogP contribution < -0.4 is 0 Å². The molecule has 0 bridgehead atoms. The molecular formula is C27H38O2. The Morgan fingerprint density at radius 1 is 0.897 bits per heavy atom. The lowest BCUT2D eigenvalue weighted by Crippen LogP contribution is -2.56. The van der Waals surface area contributed by atoms with Crippen molar-refractivity contribution in [2.24, 2.45) is 34.5 Å². The van der Waals surface area contributed by atoms with Gasteiger partial charge in [0.25, 0.3) is 0 Å². The lowest BCUT2D eigenvalue weighted by Gasteiger charge is -2.61. The summed E-state index contributed by atoms with van der Waals surface area (Å²) in [7, 11) is 0. The summed E-state index contributed by atoms with van der Waals surface area (Å²) >= 11 is 0. The maximum absolute atomic E-state index is 11.8. The SMILES string of the molecule is C[C@]12CC[C@@H](O)C[C@@H]1CC[C@H]1[C@H]2CC[C@]2(C)[C@@H]1CC[C@@]2(O)/C=C/c1ccccc1. The second kappa shape index (κ2) is 6.95. The van der Waals surface area contributed by atoms with Crippen LogP contribution in [0.5, 0.6) is 0 Å². The van der Waals surface area contributed by atoms with Crippen molar-refractivity contribution in [1.29, 1.82) is 0 Å². The van der Waals surface area contributed by atoms with Crippen LogP contribution in [0, 0.1) is 34.5 Å². The number of rotatable bonds is 2. The molecule has 4 fully saturated rings. The van der Waals surface area contributed by atoms with E-state index in [1.54, 1.807) is 0 Å². The predicted molar refractivity (Wildman–Crippen MR) is 118 cm³/mol. The van der Waals surface area contributed by atoms with E-state index in [0.717, 1.165) is 43.9 Å². The Labute approximate surface area is 176 Å². The summed E-state index contributed by atoms with van der Waals surface area (Å²) < 4.78 is 0. The van der Waals surface area contributed by atoms with Gasteiger partial charge in [-0.3, -0.25) is 0 Å². The number of benzene rings is 1. The highest BCUT2D eigenvalue weighted by molar-refractivity contribution is 5.51. The van der Waals surface area contributed by atoms with Gasteiger partial charge in [-0.1, -0.05) is 56.3 Å². The van der Waals surface area contributed by atoms with E-state index in [-0.39, 0.29) is 11.5 Å². The van der Waals surface area contributed by atoms with Gasteiger partial charge >= 0.3 is 0 Å².